The second-order valence-electron chi connectivity index (χ2n) is 7.09. The minimum atomic E-state index is -0.854. The Hall–Kier alpha value is -3.81. The van der Waals surface area contributed by atoms with Crippen LogP contribution in [0.15, 0.2) is 66.0 Å². The van der Waals surface area contributed by atoms with E-state index in [0.29, 0.717) is 17.9 Å². The van der Waals surface area contributed by atoms with E-state index in [1.54, 1.807) is 39.0 Å². The third kappa shape index (κ3) is 5.34. The zero-order valence-corrected chi connectivity index (χ0v) is 18.7. The molecule has 33 heavy (non-hydrogen) atoms. The van der Waals surface area contributed by atoms with E-state index in [9.17, 15) is 19.1 Å². The fourth-order valence-electron chi connectivity index (χ4n) is 3.55. The van der Waals surface area contributed by atoms with Crippen LogP contribution >= 0.6 is 0 Å². The summed E-state index contributed by atoms with van der Waals surface area (Å²) in [6, 6.07) is 10.4. The maximum Gasteiger partial charge on any atom is 0.336 e. The van der Waals surface area contributed by atoms with Crippen molar-refractivity contribution in [3.8, 4) is 11.5 Å². The Bertz CT molecular complexity index is 1060. The molecule has 1 N–H and O–H groups in total. The van der Waals surface area contributed by atoms with Gasteiger partial charge in [0.05, 0.1) is 36.9 Å². The van der Waals surface area contributed by atoms with Crippen LogP contribution in [0, 0.1) is 5.82 Å². The molecule has 1 aliphatic heterocycles. The quantitative estimate of drug-likeness (QED) is 0.590. The lowest BCUT2D eigenvalue weighted by Crippen LogP contribution is -2.29. The SMILES string of the molecule is CCOC(=O)C1=CN(c2cccc(F)c2)C=C(C(=O)OCC)C1c1ccc(O)c(OCC)c1. The van der Waals surface area contributed by atoms with Gasteiger partial charge in [0.1, 0.15) is 5.82 Å². The number of rotatable bonds is 8. The minimum Gasteiger partial charge on any atom is -0.504 e. The van der Waals surface area contributed by atoms with E-state index in [4.69, 9.17) is 14.2 Å². The summed E-state index contributed by atoms with van der Waals surface area (Å²) in [5, 5.41) is 10.1. The van der Waals surface area contributed by atoms with Crippen LogP contribution in [0.4, 0.5) is 10.1 Å². The van der Waals surface area contributed by atoms with Crippen LogP contribution in [0.1, 0.15) is 32.3 Å². The molecule has 8 heteroatoms. The Kier molecular flexibility index (Phi) is 7.71. The summed E-state index contributed by atoms with van der Waals surface area (Å²) in [6.45, 7) is 5.70. The molecule has 7 nitrogen and oxygen atoms in total. The van der Waals surface area contributed by atoms with Gasteiger partial charge in [-0.1, -0.05) is 12.1 Å². The summed E-state index contributed by atoms with van der Waals surface area (Å²) < 4.78 is 29.9. The molecule has 1 heterocycles. The molecular formula is C25H26FNO6. The summed E-state index contributed by atoms with van der Waals surface area (Å²) >= 11 is 0. The largest absolute Gasteiger partial charge is 0.504 e. The molecule has 0 saturated carbocycles. The van der Waals surface area contributed by atoms with E-state index in [1.807, 2.05) is 0 Å². The van der Waals surface area contributed by atoms with Gasteiger partial charge in [0.15, 0.2) is 11.5 Å². The van der Waals surface area contributed by atoms with Gasteiger partial charge in [-0.05, 0) is 56.7 Å². The number of hydrogen-bond donors (Lipinski definition) is 1. The smallest absolute Gasteiger partial charge is 0.336 e. The molecule has 174 valence electrons. The maximum atomic E-state index is 13.9. The molecule has 0 saturated heterocycles. The molecule has 0 fully saturated rings. The Morgan fingerprint density at radius 3 is 2.12 bits per heavy atom. The predicted molar refractivity (Wildman–Crippen MR) is 120 cm³/mol. The first-order chi connectivity index (χ1) is 15.9. The van der Waals surface area contributed by atoms with Crippen molar-refractivity contribution in [3.05, 3.63) is 77.4 Å². The number of aromatic hydroxyl groups is 1. The van der Waals surface area contributed by atoms with Crippen LogP contribution in [-0.2, 0) is 19.1 Å². The number of carbonyl (C=O) groups is 2. The van der Waals surface area contributed by atoms with E-state index < -0.39 is 23.7 Å². The number of ether oxygens (including phenoxy) is 3. The molecule has 1 aliphatic rings. The molecule has 0 spiro atoms. The number of hydrogen-bond acceptors (Lipinski definition) is 7. The number of benzene rings is 2. The highest BCUT2D eigenvalue weighted by Gasteiger charge is 2.36. The summed E-state index contributed by atoms with van der Waals surface area (Å²) in [7, 11) is 0. The average molecular weight is 455 g/mol. The maximum absolute atomic E-state index is 13.9. The van der Waals surface area contributed by atoms with Gasteiger partial charge in [0.2, 0.25) is 0 Å². The number of carbonyl (C=O) groups excluding carboxylic acids is 2. The zero-order valence-electron chi connectivity index (χ0n) is 18.7. The third-order valence-electron chi connectivity index (χ3n) is 4.92. The first-order valence-electron chi connectivity index (χ1n) is 10.7. The minimum absolute atomic E-state index is 0.0684. The Labute approximate surface area is 191 Å². The number of esters is 2. The van der Waals surface area contributed by atoms with Crippen molar-refractivity contribution in [2.24, 2.45) is 0 Å². The number of anilines is 1. The van der Waals surface area contributed by atoms with Crippen molar-refractivity contribution < 1.29 is 33.3 Å². The van der Waals surface area contributed by atoms with Crippen molar-refractivity contribution in [1.29, 1.82) is 0 Å². The highest BCUT2D eigenvalue weighted by Crippen LogP contribution is 2.41. The standard InChI is InChI=1S/C25H26FNO6/c1-4-31-22-12-16(10-11-21(22)28)23-19(24(29)32-5-2)14-27(15-20(23)25(30)33-6-3)18-9-7-8-17(26)13-18/h7-15,23,28H,4-6H2,1-3H3. The lowest BCUT2D eigenvalue weighted by molar-refractivity contribution is -0.139. The molecule has 0 aromatic heterocycles. The molecule has 2 aromatic carbocycles. The van der Waals surface area contributed by atoms with E-state index in [1.165, 1.54) is 41.6 Å². The van der Waals surface area contributed by atoms with Crippen molar-refractivity contribution in [1.82, 2.24) is 0 Å². The van der Waals surface area contributed by atoms with Crippen LogP contribution < -0.4 is 9.64 Å². The van der Waals surface area contributed by atoms with E-state index in [2.05, 4.69) is 0 Å². The monoisotopic (exact) mass is 455 g/mol. The average Bonchev–Trinajstić information content (AvgIpc) is 2.80. The first kappa shape index (κ1) is 23.8. The number of phenolic OH excluding ortho intramolecular Hbond substituents is 1. The van der Waals surface area contributed by atoms with Gasteiger partial charge in [-0.3, -0.25) is 0 Å². The molecule has 0 radical (unpaired) electrons. The summed E-state index contributed by atoms with van der Waals surface area (Å²) in [4.78, 5) is 27.4. The second-order valence-corrected chi connectivity index (χ2v) is 7.09. The fraction of sp³-hybridized carbons (Fsp3) is 0.280. The van der Waals surface area contributed by atoms with Crippen LogP contribution in [0.25, 0.3) is 0 Å². The molecule has 3 rings (SSSR count). The fourth-order valence-corrected chi connectivity index (χ4v) is 3.55. The van der Waals surface area contributed by atoms with Crippen LogP contribution in [-0.4, -0.2) is 36.9 Å². The third-order valence-corrected chi connectivity index (χ3v) is 4.92. The Balaban J connectivity index is 2.20. The molecule has 0 amide bonds. The molecular weight excluding hydrogens is 429 g/mol. The van der Waals surface area contributed by atoms with Gasteiger partial charge in [-0.15, -0.1) is 0 Å². The molecule has 0 aliphatic carbocycles. The number of halogens is 1. The van der Waals surface area contributed by atoms with Crippen LogP contribution in [0.3, 0.4) is 0 Å². The van der Waals surface area contributed by atoms with Crippen LogP contribution in [0.5, 0.6) is 11.5 Å². The molecule has 0 bridgehead atoms. The van der Waals surface area contributed by atoms with Gasteiger partial charge in [0.25, 0.3) is 0 Å². The lowest BCUT2D eigenvalue weighted by Gasteiger charge is -2.30. The summed E-state index contributed by atoms with van der Waals surface area (Å²) in [5.41, 5.74) is 1.24. The zero-order chi connectivity index (χ0) is 24.0. The Morgan fingerprint density at radius 1 is 0.939 bits per heavy atom. The van der Waals surface area contributed by atoms with Gasteiger partial charge in [-0.2, -0.15) is 0 Å². The highest BCUT2D eigenvalue weighted by atomic mass is 19.1. The van der Waals surface area contributed by atoms with Crippen molar-refractivity contribution >= 4 is 17.6 Å². The van der Waals surface area contributed by atoms with E-state index >= 15 is 0 Å². The van der Waals surface area contributed by atoms with Crippen LogP contribution in [0.2, 0.25) is 0 Å². The molecule has 0 unspecified atom stereocenters. The summed E-state index contributed by atoms with van der Waals surface area (Å²) in [6.07, 6.45) is 3.01. The number of nitrogens with zero attached hydrogens (tertiary/aromatic N) is 1. The topological polar surface area (TPSA) is 85.3 Å². The Morgan fingerprint density at radius 2 is 1.58 bits per heavy atom. The first-order valence-corrected chi connectivity index (χ1v) is 10.7. The van der Waals surface area contributed by atoms with Crippen molar-refractivity contribution in [2.45, 2.75) is 26.7 Å². The van der Waals surface area contributed by atoms with E-state index in [-0.39, 0.29) is 35.9 Å². The highest BCUT2D eigenvalue weighted by molar-refractivity contribution is 6.00. The van der Waals surface area contributed by atoms with Gasteiger partial charge >= 0.3 is 11.9 Å². The van der Waals surface area contributed by atoms with Crippen molar-refractivity contribution in [3.63, 3.8) is 0 Å². The number of phenols is 1. The van der Waals surface area contributed by atoms with Crippen molar-refractivity contribution in [2.75, 3.05) is 24.7 Å². The molecule has 0 atom stereocenters. The van der Waals surface area contributed by atoms with Gasteiger partial charge in [-0.25, -0.2) is 14.0 Å². The normalized spacial score (nSPS) is 13.8. The molecule has 2 aromatic rings. The predicted octanol–water partition coefficient (Wildman–Crippen LogP) is 4.43. The van der Waals surface area contributed by atoms with Gasteiger partial charge < -0.3 is 24.2 Å². The summed E-state index contributed by atoms with van der Waals surface area (Å²) in [5.74, 6) is -2.44. The lowest BCUT2D eigenvalue weighted by atomic mass is 9.83. The second kappa shape index (κ2) is 10.7. The van der Waals surface area contributed by atoms with Gasteiger partial charge in [0, 0.05) is 18.1 Å². The van der Waals surface area contributed by atoms with E-state index in [0.717, 1.165) is 0 Å².